The molecule has 0 saturated heterocycles. The van der Waals surface area contributed by atoms with Crippen LogP contribution in [0.15, 0.2) is 206 Å². The van der Waals surface area contributed by atoms with E-state index < -0.39 is 0 Å². The summed E-state index contributed by atoms with van der Waals surface area (Å²) >= 11 is 0. The minimum atomic E-state index is -0.376. The molecule has 0 saturated carbocycles. The monoisotopic (exact) mass is 698 g/mol. The molecule has 55 heavy (non-hydrogen) atoms. The van der Waals surface area contributed by atoms with Gasteiger partial charge in [0, 0.05) is 16.7 Å². The number of fused-ring (bicyclic) bond motifs is 10. The van der Waals surface area contributed by atoms with Gasteiger partial charge in [0.2, 0.25) is 0 Å². The van der Waals surface area contributed by atoms with Crippen molar-refractivity contribution in [2.75, 3.05) is 0 Å². The SMILES string of the molecule is c1ccc(-c2ccc(-c3ccc(-c4cc(-c5ccccc5)nc(-c5ccc6c(c5)-c5ccccc5C65c6ccccc6-c6ccccc65)n4)cc3)cc2)cc1. The molecule has 8 aromatic carbocycles. The Bertz CT molecular complexity index is 2850. The third-order valence-corrected chi connectivity index (χ3v) is 11.6. The topological polar surface area (TPSA) is 25.8 Å². The van der Waals surface area contributed by atoms with Gasteiger partial charge in [-0.1, -0.05) is 194 Å². The molecule has 0 aliphatic heterocycles. The van der Waals surface area contributed by atoms with Gasteiger partial charge in [0.25, 0.3) is 0 Å². The Morgan fingerprint density at radius 2 is 0.600 bits per heavy atom. The fourth-order valence-corrected chi connectivity index (χ4v) is 9.04. The molecule has 2 heteroatoms. The first-order valence-electron chi connectivity index (χ1n) is 18.9. The summed E-state index contributed by atoms with van der Waals surface area (Å²) < 4.78 is 0. The Morgan fingerprint density at radius 1 is 0.255 bits per heavy atom. The zero-order valence-electron chi connectivity index (χ0n) is 30.0. The molecule has 9 aromatic rings. The molecule has 256 valence electrons. The summed E-state index contributed by atoms with van der Waals surface area (Å²) in [5, 5.41) is 0. The van der Waals surface area contributed by atoms with Gasteiger partial charge < -0.3 is 0 Å². The molecule has 0 unspecified atom stereocenters. The second kappa shape index (κ2) is 12.5. The Morgan fingerprint density at radius 3 is 1.11 bits per heavy atom. The molecule has 0 N–H and O–H groups in total. The number of hydrogen-bond donors (Lipinski definition) is 0. The second-order valence-electron chi connectivity index (χ2n) is 14.5. The van der Waals surface area contributed by atoms with Crippen LogP contribution >= 0.6 is 0 Å². The molecule has 2 nitrogen and oxygen atoms in total. The third-order valence-electron chi connectivity index (χ3n) is 11.6. The zero-order valence-corrected chi connectivity index (χ0v) is 30.0. The van der Waals surface area contributed by atoms with E-state index in [-0.39, 0.29) is 5.41 Å². The van der Waals surface area contributed by atoms with Crippen LogP contribution < -0.4 is 0 Å². The minimum absolute atomic E-state index is 0.376. The molecule has 1 spiro atoms. The van der Waals surface area contributed by atoms with Crippen molar-refractivity contribution in [3.63, 3.8) is 0 Å². The van der Waals surface area contributed by atoms with Crippen LogP contribution in [0.4, 0.5) is 0 Å². The van der Waals surface area contributed by atoms with Gasteiger partial charge in [-0.05, 0) is 78.9 Å². The highest BCUT2D eigenvalue weighted by Crippen LogP contribution is 2.62. The molecular weight excluding hydrogens is 665 g/mol. The summed E-state index contributed by atoms with van der Waals surface area (Å²) in [5.74, 6) is 0.713. The van der Waals surface area contributed by atoms with Crippen LogP contribution in [-0.2, 0) is 5.41 Å². The van der Waals surface area contributed by atoms with Gasteiger partial charge in [0.05, 0.1) is 16.8 Å². The normalized spacial score (nSPS) is 12.9. The molecule has 0 atom stereocenters. The van der Waals surface area contributed by atoms with Crippen LogP contribution in [0.2, 0.25) is 0 Å². The standard InChI is InChI=1S/C53H34N2/c1-3-13-35(14-4-1)36-23-25-37(26-24-36)38-27-29-40(30-28-38)51-34-50(39-15-5-2-6-16-39)54-52(55-51)41-31-32-49-45(33-41)44-19-9-12-22-48(44)53(49)46-20-10-7-17-42(46)43-18-8-11-21-47(43)53/h1-34H. The maximum absolute atomic E-state index is 5.28. The van der Waals surface area contributed by atoms with Crippen molar-refractivity contribution in [3.8, 4) is 78.4 Å². The molecule has 1 heterocycles. The Hall–Kier alpha value is -7.16. The van der Waals surface area contributed by atoms with Gasteiger partial charge in [-0.2, -0.15) is 0 Å². The van der Waals surface area contributed by atoms with E-state index in [4.69, 9.17) is 9.97 Å². The van der Waals surface area contributed by atoms with Crippen molar-refractivity contribution in [2.24, 2.45) is 0 Å². The Kier molecular flexibility index (Phi) is 7.11. The first kappa shape index (κ1) is 31.4. The van der Waals surface area contributed by atoms with E-state index >= 15 is 0 Å². The summed E-state index contributed by atoms with van der Waals surface area (Å²) in [6.07, 6.45) is 0. The summed E-state index contributed by atoms with van der Waals surface area (Å²) in [6.45, 7) is 0. The number of aromatic nitrogens is 2. The maximum atomic E-state index is 5.28. The highest BCUT2D eigenvalue weighted by Gasteiger charge is 2.51. The van der Waals surface area contributed by atoms with Crippen LogP contribution in [-0.4, -0.2) is 9.97 Å². The van der Waals surface area contributed by atoms with Crippen LogP contribution in [0.3, 0.4) is 0 Å². The molecule has 11 rings (SSSR count). The fourth-order valence-electron chi connectivity index (χ4n) is 9.04. The van der Waals surface area contributed by atoms with Crippen LogP contribution in [0.5, 0.6) is 0 Å². The molecule has 1 aromatic heterocycles. The lowest BCUT2D eigenvalue weighted by molar-refractivity contribution is 0.794. The number of nitrogens with zero attached hydrogens (tertiary/aromatic N) is 2. The van der Waals surface area contributed by atoms with Crippen molar-refractivity contribution in [1.82, 2.24) is 9.97 Å². The van der Waals surface area contributed by atoms with Crippen molar-refractivity contribution in [3.05, 3.63) is 229 Å². The first-order valence-corrected chi connectivity index (χ1v) is 18.9. The largest absolute Gasteiger partial charge is 0.228 e. The van der Waals surface area contributed by atoms with E-state index in [1.54, 1.807) is 0 Å². The van der Waals surface area contributed by atoms with Crippen molar-refractivity contribution in [1.29, 1.82) is 0 Å². The lowest BCUT2D eigenvalue weighted by Crippen LogP contribution is -2.25. The van der Waals surface area contributed by atoms with E-state index in [1.807, 2.05) is 6.07 Å². The number of benzene rings is 8. The maximum Gasteiger partial charge on any atom is 0.160 e. The van der Waals surface area contributed by atoms with Gasteiger partial charge in [-0.15, -0.1) is 0 Å². The average molecular weight is 699 g/mol. The molecule has 0 fully saturated rings. The van der Waals surface area contributed by atoms with Gasteiger partial charge in [0.15, 0.2) is 5.82 Å². The van der Waals surface area contributed by atoms with E-state index in [0.717, 1.165) is 28.1 Å². The highest BCUT2D eigenvalue weighted by molar-refractivity contribution is 5.96. The summed E-state index contributed by atoms with van der Waals surface area (Å²) in [5.41, 5.74) is 19.8. The van der Waals surface area contributed by atoms with E-state index in [0.29, 0.717) is 5.82 Å². The molecular formula is C53H34N2. The third kappa shape index (κ3) is 4.89. The molecule has 0 radical (unpaired) electrons. The predicted octanol–water partition coefficient (Wildman–Crippen LogP) is 13.2. The van der Waals surface area contributed by atoms with Gasteiger partial charge in [-0.3, -0.25) is 0 Å². The van der Waals surface area contributed by atoms with Gasteiger partial charge in [0.1, 0.15) is 0 Å². The van der Waals surface area contributed by atoms with Gasteiger partial charge in [-0.25, -0.2) is 9.97 Å². The van der Waals surface area contributed by atoms with E-state index in [9.17, 15) is 0 Å². The van der Waals surface area contributed by atoms with E-state index in [1.165, 1.54) is 66.8 Å². The Labute approximate surface area is 321 Å². The fraction of sp³-hybridized carbons (Fsp3) is 0.0189. The molecule has 2 aliphatic carbocycles. The average Bonchev–Trinajstić information content (AvgIpc) is 3.74. The van der Waals surface area contributed by atoms with Crippen LogP contribution in [0.25, 0.3) is 78.4 Å². The van der Waals surface area contributed by atoms with Crippen molar-refractivity contribution < 1.29 is 0 Å². The highest BCUT2D eigenvalue weighted by atomic mass is 14.9. The minimum Gasteiger partial charge on any atom is -0.228 e. The first-order chi connectivity index (χ1) is 27.3. The summed E-state index contributed by atoms with van der Waals surface area (Å²) in [7, 11) is 0. The van der Waals surface area contributed by atoms with Crippen molar-refractivity contribution >= 4 is 0 Å². The second-order valence-corrected chi connectivity index (χ2v) is 14.5. The predicted molar refractivity (Wildman–Crippen MR) is 226 cm³/mol. The molecule has 0 amide bonds. The van der Waals surface area contributed by atoms with Crippen LogP contribution in [0.1, 0.15) is 22.3 Å². The summed E-state index contributed by atoms with van der Waals surface area (Å²) in [6, 6.07) is 74.3. The molecule has 2 aliphatic rings. The quantitative estimate of drug-likeness (QED) is 0.179. The lowest BCUT2D eigenvalue weighted by Gasteiger charge is -2.30. The van der Waals surface area contributed by atoms with Crippen LogP contribution in [0, 0.1) is 0 Å². The number of hydrogen-bond acceptors (Lipinski definition) is 2. The lowest BCUT2D eigenvalue weighted by atomic mass is 9.70. The molecule has 0 bridgehead atoms. The van der Waals surface area contributed by atoms with E-state index in [2.05, 4.69) is 200 Å². The van der Waals surface area contributed by atoms with Gasteiger partial charge >= 0.3 is 0 Å². The zero-order chi connectivity index (χ0) is 36.3. The Balaban J connectivity index is 1.03. The van der Waals surface area contributed by atoms with Crippen molar-refractivity contribution in [2.45, 2.75) is 5.41 Å². The summed E-state index contributed by atoms with van der Waals surface area (Å²) in [4.78, 5) is 10.5. The smallest absolute Gasteiger partial charge is 0.160 e. The number of rotatable bonds is 5.